The van der Waals surface area contributed by atoms with Crippen LogP contribution in [0.4, 0.5) is 4.39 Å². The fraction of sp³-hybridized carbons (Fsp3) is 0.625. The van der Waals surface area contributed by atoms with Crippen LogP contribution in [-0.2, 0) is 0 Å². The number of ether oxygens (including phenoxy) is 1. The molecule has 0 saturated heterocycles. The minimum atomic E-state index is -0.243. The van der Waals surface area contributed by atoms with E-state index in [2.05, 4.69) is 0 Å². The zero-order chi connectivity index (χ0) is 13.2. The minimum Gasteiger partial charge on any atom is -0.490 e. The van der Waals surface area contributed by atoms with Crippen molar-refractivity contribution in [2.75, 3.05) is 0 Å². The maximum absolute atomic E-state index is 13.3. The second kappa shape index (κ2) is 5.49. The van der Waals surface area contributed by atoms with Crippen molar-refractivity contribution in [1.29, 1.82) is 0 Å². The van der Waals surface area contributed by atoms with Crippen molar-refractivity contribution in [3.05, 3.63) is 29.6 Å². The second-order valence-electron chi connectivity index (χ2n) is 5.93. The quantitative estimate of drug-likeness (QED) is 0.779. The summed E-state index contributed by atoms with van der Waals surface area (Å²) in [4.78, 5) is 0. The summed E-state index contributed by atoms with van der Waals surface area (Å²) in [5.41, 5.74) is 7.18. The molecular formula is C16H22FNO. The van der Waals surface area contributed by atoms with Crippen molar-refractivity contribution in [2.45, 2.75) is 57.1 Å². The lowest BCUT2D eigenvalue weighted by molar-refractivity contribution is 0.0901. The molecule has 0 radical (unpaired) electrons. The van der Waals surface area contributed by atoms with Crippen molar-refractivity contribution in [3.63, 3.8) is 0 Å². The van der Waals surface area contributed by atoms with Crippen LogP contribution in [0.1, 0.15) is 56.6 Å². The van der Waals surface area contributed by atoms with Gasteiger partial charge in [0, 0.05) is 24.1 Å². The Hall–Kier alpha value is -1.09. The summed E-state index contributed by atoms with van der Waals surface area (Å²) in [5, 5.41) is 0. The Morgan fingerprint density at radius 1 is 1.11 bits per heavy atom. The molecule has 0 bridgehead atoms. The Morgan fingerprint density at radius 3 is 2.58 bits per heavy atom. The summed E-state index contributed by atoms with van der Waals surface area (Å²) >= 11 is 0. The van der Waals surface area contributed by atoms with Gasteiger partial charge in [0.1, 0.15) is 17.7 Å². The lowest BCUT2D eigenvalue weighted by Crippen LogP contribution is -2.35. The van der Waals surface area contributed by atoms with Crippen molar-refractivity contribution in [1.82, 2.24) is 0 Å². The molecule has 1 aliphatic carbocycles. The summed E-state index contributed by atoms with van der Waals surface area (Å²) in [6, 6.07) is 4.70. The lowest BCUT2D eigenvalue weighted by atomic mass is 9.86. The molecule has 2 N–H and O–H groups in total. The van der Waals surface area contributed by atoms with Crippen LogP contribution in [0.15, 0.2) is 18.2 Å². The maximum atomic E-state index is 13.3. The maximum Gasteiger partial charge on any atom is 0.127 e. The first-order chi connectivity index (χ1) is 9.24. The summed E-state index contributed by atoms with van der Waals surface area (Å²) < 4.78 is 19.4. The molecule has 1 aromatic carbocycles. The molecule has 0 spiro atoms. The Morgan fingerprint density at radius 2 is 1.84 bits per heavy atom. The Bertz CT molecular complexity index is 440. The van der Waals surface area contributed by atoms with Gasteiger partial charge in [-0.05, 0) is 24.8 Å². The standard InChI is InChI=1S/C16H22FNO/c17-12-7-8-13-14(18)10-15(19-16(13)9-12)11-5-3-1-2-4-6-11/h7-9,11,14-15H,1-6,10,18H2/t14-,15?/m0/s1. The molecule has 0 amide bonds. The van der Waals surface area contributed by atoms with E-state index in [1.165, 1.54) is 50.7 Å². The molecule has 2 atom stereocenters. The van der Waals surface area contributed by atoms with E-state index in [0.717, 1.165) is 12.0 Å². The van der Waals surface area contributed by atoms with Gasteiger partial charge in [-0.3, -0.25) is 0 Å². The average Bonchev–Trinajstić information content (AvgIpc) is 2.66. The van der Waals surface area contributed by atoms with E-state index in [0.29, 0.717) is 11.7 Å². The van der Waals surface area contributed by atoms with Gasteiger partial charge in [-0.15, -0.1) is 0 Å². The van der Waals surface area contributed by atoms with Gasteiger partial charge in [-0.1, -0.05) is 31.7 Å². The van der Waals surface area contributed by atoms with Gasteiger partial charge in [0.05, 0.1) is 0 Å². The predicted molar refractivity (Wildman–Crippen MR) is 73.6 cm³/mol. The Balaban J connectivity index is 1.79. The third-order valence-electron chi connectivity index (χ3n) is 4.57. The third kappa shape index (κ3) is 2.76. The van der Waals surface area contributed by atoms with Crippen LogP contribution >= 0.6 is 0 Å². The van der Waals surface area contributed by atoms with E-state index in [9.17, 15) is 4.39 Å². The summed E-state index contributed by atoms with van der Waals surface area (Å²) in [6.45, 7) is 0. The molecule has 1 aliphatic heterocycles. The van der Waals surface area contributed by atoms with Crippen LogP contribution in [-0.4, -0.2) is 6.10 Å². The second-order valence-corrected chi connectivity index (χ2v) is 5.93. The predicted octanol–water partition coefficient (Wildman–Crippen LogP) is 3.95. The number of hydrogen-bond donors (Lipinski definition) is 1. The summed E-state index contributed by atoms with van der Waals surface area (Å²) in [6.07, 6.45) is 8.72. The van der Waals surface area contributed by atoms with Crippen LogP contribution in [0.3, 0.4) is 0 Å². The highest BCUT2D eigenvalue weighted by Gasteiger charge is 2.32. The molecule has 1 saturated carbocycles. The van der Waals surface area contributed by atoms with Gasteiger partial charge in [-0.25, -0.2) is 4.39 Å². The average molecular weight is 263 g/mol. The molecule has 3 rings (SSSR count). The molecular weight excluding hydrogens is 241 g/mol. The van der Waals surface area contributed by atoms with Gasteiger partial charge < -0.3 is 10.5 Å². The fourth-order valence-corrected chi connectivity index (χ4v) is 3.48. The van der Waals surface area contributed by atoms with E-state index >= 15 is 0 Å². The number of fused-ring (bicyclic) bond motifs is 1. The van der Waals surface area contributed by atoms with E-state index in [1.54, 1.807) is 6.07 Å². The van der Waals surface area contributed by atoms with Gasteiger partial charge in [0.15, 0.2) is 0 Å². The zero-order valence-corrected chi connectivity index (χ0v) is 11.3. The number of rotatable bonds is 1. The first-order valence-electron chi connectivity index (χ1n) is 7.46. The van der Waals surface area contributed by atoms with Crippen LogP contribution < -0.4 is 10.5 Å². The lowest BCUT2D eigenvalue weighted by Gasteiger charge is -2.35. The van der Waals surface area contributed by atoms with Crippen molar-refractivity contribution in [3.8, 4) is 5.75 Å². The van der Waals surface area contributed by atoms with Crippen LogP contribution in [0.25, 0.3) is 0 Å². The number of nitrogens with two attached hydrogens (primary N) is 1. The SMILES string of the molecule is N[C@H]1CC(C2CCCCCC2)Oc2cc(F)ccc21. The molecule has 2 aliphatic rings. The normalized spacial score (nSPS) is 28.3. The first-order valence-corrected chi connectivity index (χ1v) is 7.46. The minimum absolute atomic E-state index is 0.0161. The largest absolute Gasteiger partial charge is 0.490 e. The molecule has 1 fully saturated rings. The zero-order valence-electron chi connectivity index (χ0n) is 11.3. The monoisotopic (exact) mass is 263 g/mol. The molecule has 104 valence electrons. The summed E-state index contributed by atoms with van der Waals surface area (Å²) in [5.74, 6) is 1.01. The van der Waals surface area contributed by atoms with E-state index in [-0.39, 0.29) is 18.0 Å². The first kappa shape index (κ1) is 12.9. The fourth-order valence-electron chi connectivity index (χ4n) is 3.48. The summed E-state index contributed by atoms with van der Waals surface area (Å²) in [7, 11) is 0. The van der Waals surface area contributed by atoms with Crippen LogP contribution in [0.2, 0.25) is 0 Å². The smallest absolute Gasteiger partial charge is 0.127 e. The molecule has 19 heavy (non-hydrogen) atoms. The van der Waals surface area contributed by atoms with Gasteiger partial charge in [0.2, 0.25) is 0 Å². The highest BCUT2D eigenvalue weighted by atomic mass is 19.1. The number of benzene rings is 1. The van der Waals surface area contributed by atoms with Gasteiger partial charge in [0.25, 0.3) is 0 Å². The molecule has 1 unspecified atom stereocenters. The number of halogens is 1. The van der Waals surface area contributed by atoms with E-state index in [1.807, 2.05) is 0 Å². The molecule has 1 aromatic rings. The molecule has 3 heteroatoms. The molecule has 2 nitrogen and oxygen atoms in total. The van der Waals surface area contributed by atoms with Gasteiger partial charge >= 0.3 is 0 Å². The molecule has 1 heterocycles. The van der Waals surface area contributed by atoms with E-state index < -0.39 is 0 Å². The van der Waals surface area contributed by atoms with Crippen LogP contribution in [0, 0.1) is 11.7 Å². The Labute approximate surface area is 114 Å². The number of hydrogen-bond acceptors (Lipinski definition) is 2. The van der Waals surface area contributed by atoms with Crippen molar-refractivity contribution >= 4 is 0 Å². The van der Waals surface area contributed by atoms with Crippen molar-refractivity contribution in [2.24, 2.45) is 11.7 Å². The highest BCUT2D eigenvalue weighted by molar-refractivity contribution is 5.38. The third-order valence-corrected chi connectivity index (χ3v) is 4.57. The Kier molecular flexibility index (Phi) is 3.74. The van der Waals surface area contributed by atoms with Crippen LogP contribution in [0.5, 0.6) is 5.75 Å². The van der Waals surface area contributed by atoms with Gasteiger partial charge in [-0.2, -0.15) is 0 Å². The van der Waals surface area contributed by atoms with E-state index in [4.69, 9.17) is 10.5 Å². The highest BCUT2D eigenvalue weighted by Crippen LogP contribution is 2.39. The van der Waals surface area contributed by atoms with Crippen molar-refractivity contribution < 1.29 is 9.13 Å². The topological polar surface area (TPSA) is 35.2 Å². The molecule has 0 aromatic heterocycles.